The normalized spacial score (nSPS) is 18.6. The number of quaternary nitrogens is 1. The second-order valence-electron chi connectivity index (χ2n) is 7.48. The quantitative estimate of drug-likeness (QED) is 0.431. The van der Waals surface area contributed by atoms with Crippen molar-refractivity contribution in [2.75, 3.05) is 26.2 Å². The Balaban J connectivity index is 2.06. The van der Waals surface area contributed by atoms with E-state index in [1.807, 2.05) is 49.4 Å². The molecule has 1 aliphatic rings. The van der Waals surface area contributed by atoms with E-state index in [9.17, 15) is 14.7 Å². The van der Waals surface area contributed by atoms with Gasteiger partial charge in [-0.3, -0.25) is 9.59 Å². The van der Waals surface area contributed by atoms with Crippen LogP contribution >= 0.6 is 0 Å². The number of Topliss-reactive ketones (excluding diaryl/α,β-unsaturated/α-hetero) is 1. The van der Waals surface area contributed by atoms with Crippen LogP contribution < -0.4 is 4.90 Å². The van der Waals surface area contributed by atoms with Gasteiger partial charge >= 0.3 is 0 Å². The average Bonchev–Trinajstić information content (AvgIpc) is 3.00. The number of aryl methyl sites for hydroxylation is 1. The molecule has 0 aromatic heterocycles. The molecule has 0 aliphatic carbocycles. The highest BCUT2D eigenvalue weighted by atomic mass is 16.3. The van der Waals surface area contributed by atoms with Crippen LogP contribution in [0.15, 0.2) is 60.2 Å². The summed E-state index contributed by atoms with van der Waals surface area (Å²) >= 11 is 0. The minimum atomic E-state index is -0.619. The molecule has 1 atom stereocenters. The van der Waals surface area contributed by atoms with Gasteiger partial charge in [-0.05, 0) is 26.3 Å². The van der Waals surface area contributed by atoms with Gasteiger partial charge in [-0.2, -0.15) is 0 Å². The van der Waals surface area contributed by atoms with Crippen LogP contribution in [0.25, 0.3) is 5.76 Å². The fraction of sp³-hybridized carbons (Fsp3) is 0.333. The van der Waals surface area contributed by atoms with Gasteiger partial charge in [-0.15, -0.1) is 0 Å². The molecule has 2 aromatic rings. The Hall–Kier alpha value is -2.92. The van der Waals surface area contributed by atoms with Gasteiger partial charge < -0.3 is 14.9 Å². The SMILES string of the molecule is CC[NH+](CC)CCN1C(=O)C(=O)C(=C(O)c2ccc(C)cc2)[C@@H]1c1ccccc1. The number of hydrogen-bond donors (Lipinski definition) is 2. The summed E-state index contributed by atoms with van der Waals surface area (Å²) in [6.45, 7) is 9.32. The lowest BCUT2D eigenvalue weighted by molar-refractivity contribution is -0.895. The molecule has 0 unspecified atom stereocenters. The maximum absolute atomic E-state index is 12.9. The van der Waals surface area contributed by atoms with Gasteiger partial charge in [0.15, 0.2) is 0 Å². The minimum absolute atomic E-state index is 0.116. The Morgan fingerprint density at radius 2 is 1.62 bits per heavy atom. The van der Waals surface area contributed by atoms with Gasteiger partial charge in [-0.25, -0.2) is 0 Å². The van der Waals surface area contributed by atoms with Crippen molar-refractivity contribution in [2.45, 2.75) is 26.8 Å². The monoisotopic (exact) mass is 393 g/mol. The summed E-state index contributed by atoms with van der Waals surface area (Å²) in [4.78, 5) is 28.8. The first-order valence-electron chi connectivity index (χ1n) is 10.2. The van der Waals surface area contributed by atoms with E-state index >= 15 is 0 Å². The molecule has 0 bridgehead atoms. The molecule has 29 heavy (non-hydrogen) atoms. The Kier molecular flexibility index (Phi) is 6.49. The van der Waals surface area contributed by atoms with E-state index in [0.29, 0.717) is 12.1 Å². The second kappa shape index (κ2) is 9.05. The molecule has 5 nitrogen and oxygen atoms in total. The maximum Gasteiger partial charge on any atom is 0.295 e. The first kappa shape index (κ1) is 20.8. The number of benzene rings is 2. The molecule has 5 heteroatoms. The summed E-state index contributed by atoms with van der Waals surface area (Å²) in [6.07, 6.45) is 0. The van der Waals surface area contributed by atoms with Crippen LogP contribution in [0.4, 0.5) is 0 Å². The first-order chi connectivity index (χ1) is 14.0. The molecule has 0 saturated carbocycles. The fourth-order valence-electron chi connectivity index (χ4n) is 3.84. The predicted molar refractivity (Wildman–Crippen MR) is 114 cm³/mol. The van der Waals surface area contributed by atoms with E-state index in [1.165, 1.54) is 4.90 Å². The second-order valence-corrected chi connectivity index (χ2v) is 7.48. The van der Waals surface area contributed by atoms with Crippen LogP contribution in [0.3, 0.4) is 0 Å². The summed E-state index contributed by atoms with van der Waals surface area (Å²) in [6, 6.07) is 16.2. The molecule has 1 heterocycles. The van der Waals surface area contributed by atoms with E-state index in [4.69, 9.17) is 0 Å². The summed E-state index contributed by atoms with van der Waals surface area (Å²) in [7, 11) is 0. The number of ketones is 1. The zero-order valence-electron chi connectivity index (χ0n) is 17.3. The van der Waals surface area contributed by atoms with E-state index in [2.05, 4.69) is 13.8 Å². The number of nitrogens with one attached hydrogen (secondary N) is 1. The summed E-state index contributed by atoms with van der Waals surface area (Å²) in [5.41, 5.74) is 2.60. The van der Waals surface area contributed by atoms with Crippen molar-refractivity contribution in [1.29, 1.82) is 0 Å². The molecule has 1 aliphatic heterocycles. The average molecular weight is 394 g/mol. The number of carbonyl (C=O) groups is 2. The summed E-state index contributed by atoms with van der Waals surface area (Å²) < 4.78 is 0. The van der Waals surface area contributed by atoms with Gasteiger partial charge in [0.2, 0.25) is 0 Å². The Bertz CT molecular complexity index is 899. The number of carbonyl (C=O) groups excluding carboxylic acids is 2. The van der Waals surface area contributed by atoms with Crippen molar-refractivity contribution in [2.24, 2.45) is 0 Å². The first-order valence-corrected chi connectivity index (χ1v) is 10.2. The number of nitrogens with zero attached hydrogens (tertiary/aromatic N) is 1. The predicted octanol–water partition coefficient (Wildman–Crippen LogP) is 2.34. The third-order valence-electron chi connectivity index (χ3n) is 5.69. The lowest BCUT2D eigenvalue weighted by Crippen LogP contribution is -3.12. The molecular weight excluding hydrogens is 364 g/mol. The van der Waals surface area contributed by atoms with E-state index < -0.39 is 17.7 Å². The van der Waals surface area contributed by atoms with Gasteiger partial charge in [0, 0.05) is 5.56 Å². The Morgan fingerprint density at radius 3 is 2.21 bits per heavy atom. The highest BCUT2D eigenvalue weighted by molar-refractivity contribution is 6.46. The number of likely N-dealkylation sites (tertiary alicyclic amines) is 1. The largest absolute Gasteiger partial charge is 0.507 e. The number of rotatable bonds is 7. The molecule has 0 spiro atoms. The smallest absolute Gasteiger partial charge is 0.295 e. The molecule has 3 rings (SSSR count). The van der Waals surface area contributed by atoms with E-state index in [0.717, 1.165) is 30.8 Å². The lowest BCUT2D eigenvalue weighted by Gasteiger charge is -2.26. The zero-order chi connectivity index (χ0) is 21.0. The number of likely N-dealkylation sites (N-methyl/N-ethyl adjacent to an activating group) is 1. The van der Waals surface area contributed by atoms with Gasteiger partial charge in [0.05, 0.1) is 37.8 Å². The van der Waals surface area contributed by atoms with E-state index in [1.54, 1.807) is 17.0 Å². The van der Waals surface area contributed by atoms with Crippen molar-refractivity contribution in [3.8, 4) is 0 Å². The maximum atomic E-state index is 12.9. The van der Waals surface area contributed by atoms with Crippen LogP contribution in [-0.2, 0) is 9.59 Å². The van der Waals surface area contributed by atoms with Crippen LogP contribution in [0.5, 0.6) is 0 Å². The number of aliphatic hydroxyl groups is 1. The van der Waals surface area contributed by atoms with Crippen molar-refractivity contribution < 1.29 is 19.6 Å². The van der Waals surface area contributed by atoms with Crippen LogP contribution in [-0.4, -0.2) is 47.9 Å². The fourth-order valence-corrected chi connectivity index (χ4v) is 3.84. The molecule has 1 fully saturated rings. The highest BCUT2D eigenvalue weighted by Crippen LogP contribution is 2.38. The lowest BCUT2D eigenvalue weighted by atomic mass is 9.95. The van der Waals surface area contributed by atoms with Crippen molar-refractivity contribution in [1.82, 2.24) is 4.90 Å². The molecular formula is C24H29N2O3+. The summed E-state index contributed by atoms with van der Waals surface area (Å²) in [5, 5.41) is 11.0. The van der Waals surface area contributed by atoms with Gasteiger partial charge in [0.25, 0.3) is 11.7 Å². The molecule has 2 aromatic carbocycles. The minimum Gasteiger partial charge on any atom is -0.507 e. The number of aliphatic hydroxyl groups excluding tert-OH is 1. The molecule has 1 saturated heterocycles. The van der Waals surface area contributed by atoms with Crippen molar-refractivity contribution in [3.05, 3.63) is 76.9 Å². The van der Waals surface area contributed by atoms with Crippen LogP contribution in [0, 0.1) is 6.92 Å². The standard InChI is InChI=1S/C24H28N2O3/c1-4-25(5-2)15-16-26-21(18-9-7-6-8-10-18)20(23(28)24(26)29)22(27)19-13-11-17(3)12-14-19/h6-14,21,27H,4-5,15-16H2,1-3H3/p+1/t21-/m0/s1. The van der Waals surface area contributed by atoms with Crippen molar-refractivity contribution in [3.63, 3.8) is 0 Å². The summed E-state index contributed by atoms with van der Waals surface area (Å²) in [5.74, 6) is -1.28. The van der Waals surface area contributed by atoms with Crippen molar-refractivity contribution >= 4 is 17.4 Å². The highest BCUT2D eigenvalue weighted by Gasteiger charge is 2.46. The van der Waals surface area contributed by atoms with Crippen LogP contribution in [0.2, 0.25) is 0 Å². The number of amides is 1. The molecule has 152 valence electrons. The van der Waals surface area contributed by atoms with Gasteiger partial charge in [0.1, 0.15) is 5.76 Å². The Labute approximate surface area is 172 Å². The Morgan fingerprint density at radius 1 is 1.00 bits per heavy atom. The zero-order valence-corrected chi connectivity index (χ0v) is 17.3. The molecule has 0 radical (unpaired) electrons. The number of hydrogen-bond acceptors (Lipinski definition) is 3. The third-order valence-corrected chi connectivity index (χ3v) is 5.69. The molecule has 2 N–H and O–H groups in total. The van der Waals surface area contributed by atoms with Gasteiger partial charge in [-0.1, -0.05) is 60.2 Å². The van der Waals surface area contributed by atoms with E-state index in [-0.39, 0.29) is 11.3 Å². The topological polar surface area (TPSA) is 62.0 Å². The van der Waals surface area contributed by atoms with Crippen LogP contribution in [0.1, 0.15) is 36.6 Å². The molecule has 1 amide bonds. The third kappa shape index (κ3) is 4.25.